The zero-order valence-electron chi connectivity index (χ0n) is 16.7. The van der Waals surface area contributed by atoms with E-state index in [-0.39, 0.29) is 0 Å². The fourth-order valence-electron chi connectivity index (χ4n) is 1.66. The first-order chi connectivity index (χ1) is 16.8. The summed E-state index contributed by atoms with van der Waals surface area (Å²) in [6.45, 7) is 0. The highest BCUT2D eigenvalue weighted by Crippen LogP contribution is 2.59. The van der Waals surface area contributed by atoms with Crippen molar-refractivity contribution in [1.29, 1.82) is 0 Å². The van der Waals surface area contributed by atoms with E-state index in [4.69, 9.17) is 0 Å². The Balaban J connectivity index is 7.24. The first kappa shape index (κ1) is 38.2. The maximum Gasteiger partial charge on any atom is 0.462 e. The molecule has 0 amide bonds. The van der Waals surface area contributed by atoms with Gasteiger partial charge in [-0.25, -0.2) is 0 Å². The highest BCUT2D eigenvalue weighted by atomic mass is 35.5. The molecule has 0 aromatic carbocycles. The Hall–Kier alpha value is -1.77. The van der Waals surface area contributed by atoms with Crippen LogP contribution in [0.1, 0.15) is 0 Å². The van der Waals surface area contributed by atoms with Crippen LogP contribution >= 0.6 is 11.6 Å². The minimum absolute atomic E-state index is 0.992. The lowest BCUT2D eigenvalue weighted by atomic mass is 10.2. The van der Waals surface area contributed by atoms with Crippen LogP contribution in [0.5, 0.6) is 0 Å². The molecule has 0 spiro atoms. The molecule has 4 nitrogen and oxygen atoms in total. The number of ether oxygens (including phenoxy) is 3. The molecule has 0 N–H and O–H groups in total. The third-order valence-electron chi connectivity index (χ3n) is 3.62. The van der Waals surface area contributed by atoms with E-state index in [2.05, 4.69) is 11.6 Å². The van der Waals surface area contributed by atoms with Gasteiger partial charge in [0.1, 0.15) is 0 Å². The van der Waals surface area contributed by atoms with Gasteiger partial charge in [-0.2, -0.15) is 101 Å². The molecule has 0 aromatic heterocycles. The molecule has 0 radical (unpaired) electrons. The van der Waals surface area contributed by atoms with Crippen LogP contribution in [0.3, 0.4) is 0 Å². The van der Waals surface area contributed by atoms with Gasteiger partial charge in [0.2, 0.25) is 0 Å². The molecule has 3 atom stereocenters. The van der Waals surface area contributed by atoms with Crippen molar-refractivity contribution < 1.29 is 120 Å². The highest BCUT2D eigenvalue weighted by molar-refractivity contribution is 6.65. The summed E-state index contributed by atoms with van der Waals surface area (Å²) in [7, 11) is 0. The van der Waals surface area contributed by atoms with E-state index in [1.807, 2.05) is 0 Å². The second-order valence-electron chi connectivity index (χ2n) is 6.48. The Kier molecular flexibility index (Phi) is 9.47. The van der Waals surface area contributed by atoms with Gasteiger partial charge in [-0.15, -0.1) is 0 Å². The number of halogens is 24. The van der Waals surface area contributed by atoms with E-state index in [1.54, 1.807) is 0 Å². The predicted octanol–water partition coefficient (Wildman–Crippen LogP) is 7.46. The van der Waals surface area contributed by atoms with Crippen molar-refractivity contribution >= 4 is 16.8 Å². The fourth-order valence-corrected chi connectivity index (χ4v) is 1.81. The summed E-state index contributed by atoms with van der Waals surface area (Å²) in [5, 5.41) is -4.05. The number of rotatable bonds is 10. The van der Waals surface area contributed by atoms with Gasteiger partial charge >= 0.3 is 66.5 Å². The molecule has 0 aliphatic carbocycles. The van der Waals surface area contributed by atoms with Gasteiger partial charge < -0.3 is 0 Å². The Labute approximate surface area is 204 Å². The van der Waals surface area contributed by atoms with Crippen molar-refractivity contribution in [2.45, 2.75) is 66.5 Å². The first-order valence-electron chi connectivity index (χ1n) is 7.96. The van der Waals surface area contributed by atoms with E-state index in [9.17, 15) is 106 Å². The largest absolute Gasteiger partial charge is 0.462 e. The van der Waals surface area contributed by atoms with Gasteiger partial charge in [0, 0.05) is 0 Å². The third-order valence-corrected chi connectivity index (χ3v) is 3.87. The predicted molar refractivity (Wildman–Crippen MR) is 69.6 cm³/mol. The minimum Gasteiger partial charge on any atom is -0.274 e. The number of alkyl halides is 23. The quantitative estimate of drug-likeness (QED) is 0.178. The Morgan fingerprint density at radius 3 is 0.900 bits per heavy atom. The molecule has 40 heavy (non-hydrogen) atoms. The molecule has 0 saturated heterocycles. The van der Waals surface area contributed by atoms with Crippen LogP contribution in [0.15, 0.2) is 0 Å². The van der Waals surface area contributed by atoms with Crippen molar-refractivity contribution in [2.75, 3.05) is 0 Å². The van der Waals surface area contributed by atoms with Gasteiger partial charge in [0.25, 0.3) is 5.24 Å². The van der Waals surface area contributed by atoms with Gasteiger partial charge in [-0.1, -0.05) is 0 Å². The summed E-state index contributed by atoms with van der Waals surface area (Å²) in [5.74, 6) is -32.6. The van der Waals surface area contributed by atoms with Crippen LogP contribution in [-0.2, 0) is 19.0 Å². The van der Waals surface area contributed by atoms with Crippen molar-refractivity contribution in [3.05, 3.63) is 0 Å². The SMILES string of the molecule is O=C(Cl)C(F)(OC(F)(F)C(F)(OC(F)(F)C(F)(OC(F)(F)C(F)(F)C(F)(F)F)C(F)(F)F)C(F)(F)F)C(F)(F)F. The van der Waals surface area contributed by atoms with Crippen molar-refractivity contribution in [2.24, 2.45) is 0 Å². The highest BCUT2D eigenvalue weighted by Gasteiger charge is 2.88. The maximum absolute atomic E-state index is 14.0. The second-order valence-corrected chi connectivity index (χ2v) is 6.82. The average Bonchev–Trinajstić information content (AvgIpc) is 2.62. The molecule has 0 aliphatic heterocycles. The zero-order chi connectivity index (χ0) is 33.2. The van der Waals surface area contributed by atoms with Crippen LogP contribution in [-0.4, -0.2) is 71.8 Å². The van der Waals surface area contributed by atoms with Gasteiger partial charge in [0.05, 0.1) is 0 Å². The van der Waals surface area contributed by atoms with Gasteiger partial charge in [0.15, 0.2) is 0 Å². The second kappa shape index (κ2) is 9.91. The summed E-state index contributed by atoms with van der Waals surface area (Å²) >= 11 is 3.80. The van der Waals surface area contributed by atoms with E-state index in [0.717, 1.165) is 9.47 Å². The number of carbonyl (C=O) groups is 1. The number of hydrogen-bond donors (Lipinski definition) is 0. The molecule has 0 saturated carbocycles. The van der Waals surface area contributed by atoms with Crippen LogP contribution in [0, 0.1) is 0 Å². The summed E-state index contributed by atoms with van der Waals surface area (Å²) in [6, 6.07) is 0. The molecule has 0 aliphatic rings. The lowest BCUT2D eigenvalue weighted by Crippen LogP contribution is -2.70. The van der Waals surface area contributed by atoms with E-state index in [0.29, 0.717) is 0 Å². The van der Waals surface area contributed by atoms with Crippen molar-refractivity contribution in [3.8, 4) is 0 Å². The molecule has 0 aromatic rings. The molecule has 240 valence electrons. The van der Waals surface area contributed by atoms with Crippen LogP contribution in [0.25, 0.3) is 0 Å². The van der Waals surface area contributed by atoms with E-state index >= 15 is 0 Å². The Morgan fingerprint density at radius 2 is 0.675 bits per heavy atom. The lowest BCUT2D eigenvalue weighted by molar-refractivity contribution is -0.577. The van der Waals surface area contributed by atoms with Gasteiger partial charge in [-0.05, 0) is 11.6 Å². The molecule has 0 rings (SSSR count). The summed E-state index contributed by atoms with van der Waals surface area (Å²) in [5.41, 5.74) is 0. The normalized spacial score (nSPS) is 20.0. The molecular formula is C12ClF23O4. The maximum atomic E-state index is 14.0. The van der Waals surface area contributed by atoms with Crippen LogP contribution in [0.4, 0.5) is 101 Å². The van der Waals surface area contributed by atoms with Crippen molar-refractivity contribution in [3.63, 3.8) is 0 Å². The van der Waals surface area contributed by atoms with E-state index < -0.39 is 71.8 Å². The van der Waals surface area contributed by atoms with Crippen LogP contribution in [0.2, 0.25) is 0 Å². The zero-order valence-corrected chi connectivity index (χ0v) is 17.5. The number of hydrogen-bond acceptors (Lipinski definition) is 4. The standard InChI is InChI=1S/C12ClF23O4/c13-1(37)2(14,6(19,20)21)38-11(33,34)4(17,8(25,26)27)40-12(35,36)5(18,9(28,29)30)39-10(31,32)3(15,16)7(22,23)24. The molecule has 0 heterocycles. The Morgan fingerprint density at radius 1 is 0.400 bits per heavy atom. The monoisotopic (exact) mass is 680 g/mol. The Bertz CT molecular complexity index is 934. The molecule has 0 fully saturated rings. The smallest absolute Gasteiger partial charge is 0.274 e. The average molecular weight is 681 g/mol. The minimum atomic E-state index is -8.74. The topological polar surface area (TPSA) is 44.8 Å². The lowest BCUT2D eigenvalue weighted by Gasteiger charge is -2.42. The summed E-state index contributed by atoms with van der Waals surface area (Å²) in [6.07, 6.45) is -57.5. The molecule has 28 heteroatoms. The molecule has 0 bridgehead atoms. The van der Waals surface area contributed by atoms with Crippen molar-refractivity contribution in [1.82, 2.24) is 0 Å². The first-order valence-corrected chi connectivity index (χ1v) is 8.34. The summed E-state index contributed by atoms with van der Waals surface area (Å²) in [4.78, 5) is 10.4. The fraction of sp³-hybridized carbons (Fsp3) is 0.917. The molecule has 3 unspecified atom stereocenters. The van der Waals surface area contributed by atoms with Crippen LogP contribution < -0.4 is 0 Å². The third kappa shape index (κ3) is 6.19. The molecular weight excluding hydrogens is 681 g/mol. The van der Waals surface area contributed by atoms with Gasteiger partial charge in [-0.3, -0.25) is 19.0 Å². The number of carbonyl (C=O) groups excluding carboxylic acids is 1. The van der Waals surface area contributed by atoms with E-state index in [1.165, 1.54) is 4.74 Å². The summed E-state index contributed by atoms with van der Waals surface area (Å²) < 4.78 is 301.